The molecule has 1 aromatic carbocycles. The number of benzene rings is 1. The fourth-order valence-corrected chi connectivity index (χ4v) is 6.74. The maximum absolute atomic E-state index is 13.7. The first kappa shape index (κ1) is 19.9. The molecule has 2 aromatic rings. The molecule has 4 heterocycles. The van der Waals surface area contributed by atoms with E-state index in [1.807, 2.05) is 43.3 Å². The van der Waals surface area contributed by atoms with E-state index >= 15 is 0 Å². The van der Waals surface area contributed by atoms with Crippen molar-refractivity contribution in [1.82, 2.24) is 20.9 Å². The molecule has 3 fully saturated rings. The summed E-state index contributed by atoms with van der Waals surface area (Å²) in [6, 6.07) is 10.9. The molecular formula is C22H24F2N4OS. The number of fused-ring (bicyclic) bond motifs is 3. The Balaban J connectivity index is 1.49. The van der Waals surface area contributed by atoms with Crippen molar-refractivity contribution in [3.8, 4) is 0 Å². The summed E-state index contributed by atoms with van der Waals surface area (Å²) in [5.74, 6) is -0.0547. The first-order valence-corrected chi connectivity index (χ1v) is 11.2. The molecule has 5 nitrogen and oxygen atoms in total. The van der Waals surface area contributed by atoms with Crippen LogP contribution in [0, 0.1) is 12.8 Å². The van der Waals surface area contributed by atoms with Gasteiger partial charge in [-0.1, -0.05) is 29.8 Å². The third-order valence-corrected chi connectivity index (χ3v) is 8.03. The number of carbonyl (C=O) groups is 1. The zero-order valence-corrected chi connectivity index (χ0v) is 17.3. The molecule has 5 rings (SSSR count). The second-order valence-electron chi connectivity index (χ2n) is 8.33. The molecule has 0 aliphatic carbocycles. The third-order valence-electron chi connectivity index (χ3n) is 6.49. The van der Waals surface area contributed by atoms with Crippen LogP contribution in [0.5, 0.6) is 0 Å². The van der Waals surface area contributed by atoms with Gasteiger partial charge in [0.25, 0.3) is 6.43 Å². The zero-order valence-electron chi connectivity index (χ0n) is 16.5. The number of carbonyl (C=O) groups excluding carboxylic acids is 1. The van der Waals surface area contributed by atoms with E-state index in [1.54, 1.807) is 12.4 Å². The van der Waals surface area contributed by atoms with Crippen molar-refractivity contribution in [3.05, 3.63) is 65.5 Å². The van der Waals surface area contributed by atoms with Crippen molar-refractivity contribution in [2.75, 3.05) is 0 Å². The Bertz CT molecular complexity index is 913. The number of halogens is 2. The summed E-state index contributed by atoms with van der Waals surface area (Å²) in [5, 5.41) is 9.27. The van der Waals surface area contributed by atoms with Gasteiger partial charge in [-0.2, -0.15) is 0 Å². The topological polar surface area (TPSA) is 66.0 Å². The average molecular weight is 431 g/mol. The minimum absolute atomic E-state index is 0.0353. The SMILES string of the molecule is Cc1ccc(C2CC(C(F)F)NC3SC4C(=O)NC(c5ccncc5)NC4C32)cc1. The molecule has 7 atom stereocenters. The lowest BCUT2D eigenvalue weighted by atomic mass is 9.73. The van der Waals surface area contributed by atoms with E-state index in [0.29, 0.717) is 6.42 Å². The number of hydrogen-bond acceptors (Lipinski definition) is 5. The minimum atomic E-state index is -2.44. The lowest BCUT2D eigenvalue weighted by Gasteiger charge is -2.43. The number of piperidine rings is 1. The lowest BCUT2D eigenvalue weighted by molar-refractivity contribution is -0.124. The van der Waals surface area contributed by atoms with Gasteiger partial charge in [0.05, 0.1) is 11.4 Å². The first-order chi connectivity index (χ1) is 14.5. The molecule has 3 N–H and O–H groups in total. The number of rotatable bonds is 3. The molecular weight excluding hydrogens is 406 g/mol. The van der Waals surface area contributed by atoms with E-state index in [9.17, 15) is 13.6 Å². The van der Waals surface area contributed by atoms with Gasteiger partial charge in [0.2, 0.25) is 5.91 Å². The van der Waals surface area contributed by atoms with Crippen LogP contribution in [0.3, 0.4) is 0 Å². The quantitative estimate of drug-likeness (QED) is 0.699. The number of alkyl halides is 2. The van der Waals surface area contributed by atoms with Crippen LogP contribution in [-0.4, -0.2) is 40.0 Å². The van der Waals surface area contributed by atoms with Gasteiger partial charge in [-0.3, -0.25) is 20.4 Å². The van der Waals surface area contributed by atoms with Crippen molar-refractivity contribution in [3.63, 3.8) is 0 Å². The highest BCUT2D eigenvalue weighted by molar-refractivity contribution is 8.01. The molecule has 30 heavy (non-hydrogen) atoms. The Morgan fingerprint density at radius 2 is 1.80 bits per heavy atom. The molecule has 1 aromatic heterocycles. The molecule has 1 amide bonds. The second-order valence-corrected chi connectivity index (χ2v) is 9.62. The Morgan fingerprint density at radius 1 is 1.07 bits per heavy atom. The lowest BCUT2D eigenvalue weighted by Crippen LogP contribution is -2.61. The van der Waals surface area contributed by atoms with Gasteiger partial charge in [-0.05, 0) is 42.5 Å². The summed E-state index contributed by atoms with van der Waals surface area (Å²) >= 11 is 1.48. The normalized spacial score (nSPS) is 35.6. The molecule has 158 valence electrons. The summed E-state index contributed by atoms with van der Waals surface area (Å²) in [5.41, 5.74) is 3.14. The monoisotopic (exact) mass is 430 g/mol. The summed E-state index contributed by atoms with van der Waals surface area (Å²) in [6.45, 7) is 2.02. The van der Waals surface area contributed by atoms with E-state index < -0.39 is 12.5 Å². The van der Waals surface area contributed by atoms with Crippen LogP contribution < -0.4 is 16.0 Å². The van der Waals surface area contributed by atoms with Crippen molar-refractivity contribution in [2.45, 2.75) is 54.6 Å². The predicted molar refractivity (Wildman–Crippen MR) is 112 cm³/mol. The highest BCUT2D eigenvalue weighted by Gasteiger charge is 2.56. The minimum Gasteiger partial charge on any atom is -0.336 e. The molecule has 0 radical (unpaired) electrons. The van der Waals surface area contributed by atoms with Crippen LogP contribution in [0.25, 0.3) is 0 Å². The molecule has 0 spiro atoms. The molecule has 0 bridgehead atoms. The Kier molecular flexibility index (Phi) is 5.24. The van der Waals surface area contributed by atoms with Gasteiger partial charge in [0.1, 0.15) is 11.4 Å². The number of thioether (sulfide) groups is 1. The molecule has 8 heteroatoms. The van der Waals surface area contributed by atoms with Gasteiger partial charge < -0.3 is 5.32 Å². The Hall–Kier alpha value is -2.03. The maximum Gasteiger partial charge on any atom is 0.253 e. The van der Waals surface area contributed by atoms with Gasteiger partial charge in [-0.15, -0.1) is 11.8 Å². The van der Waals surface area contributed by atoms with E-state index in [4.69, 9.17) is 0 Å². The number of hydrogen-bond donors (Lipinski definition) is 3. The van der Waals surface area contributed by atoms with Gasteiger partial charge >= 0.3 is 0 Å². The van der Waals surface area contributed by atoms with E-state index in [-0.39, 0.29) is 40.6 Å². The number of aromatic nitrogens is 1. The molecule has 3 saturated heterocycles. The smallest absolute Gasteiger partial charge is 0.253 e. The number of nitrogens with one attached hydrogen (secondary N) is 3. The van der Waals surface area contributed by atoms with Crippen LogP contribution in [0.1, 0.15) is 35.2 Å². The van der Waals surface area contributed by atoms with Crippen LogP contribution in [0.4, 0.5) is 8.78 Å². The zero-order chi connectivity index (χ0) is 20.8. The van der Waals surface area contributed by atoms with Gasteiger partial charge in [0.15, 0.2) is 0 Å². The molecule has 3 aliphatic heterocycles. The van der Waals surface area contributed by atoms with Crippen LogP contribution in [-0.2, 0) is 4.79 Å². The largest absolute Gasteiger partial charge is 0.336 e. The van der Waals surface area contributed by atoms with E-state index in [0.717, 1.165) is 16.7 Å². The number of nitrogens with zero attached hydrogens (tertiary/aromatic N) is 1. The molecule has 7 unspecified atom stereocenters. The predicted octanol–water partition coefficient (Wildman–Crippen LogP) is 2.95. The second kappa shape index (κ2) is 7.90. The molecule has 3 aliphatic rings. The number of pyridine rings is 1. The maximum atomic E-state index is 13.7. The van der Waals surface area contributed by atoms with E-state index in [1.165, 1.54) is 11.8 Å². The van der Waals surface area contributed by atoms with Gasteiger partial charge in [0, 0.05) is 24.4 Å². The van der Waals surface area contributed by atoms with E-state index in [2.05, 4.69) is 20.9 Å². The van der Waals surface area contributed by atoms with Crippen LogP contribution in [0.2, 0.25) is 0 Å². The summed E-state index contributed by atoms with van der Waals surface area (Å²) in [6.07, 6.45) is 1.01. The van der Waals surface area contributed by atoms with Crippen molar-refractivity contribution >= 4 is 17.7 Å². The van der Waals surface area contributed by atoms with Gasteiger partial charge in [-0.25, -0.2) is 8.78 Å². The number of amides is 1. The Labute approximate surface area is 178 Å². The molecule has 0 saturated carbocycles. The average Bonchev–Trinajstić information content (AvgIpc) is 3.13. The van der Waals surface area contributed by atoms with Crippen LogP contribution >= 0.6 is 11.8 Å². The highest BCUT2D eigenvalue weighted by atomic mass is 32.2. The first-order valence-electron chi connectivity index (χ1n) is 10.2. The van der Waals surface area contributed by atoms with Crippen molar-refractivity contribution in [1.29, 1.82) is 0 Å². The summed E-state index contributed by atoms with van der Waals surface area (Å²) in [4.78, 5) is 17.0. The van der Waals surface area contributed by atoms with Crippen molar-refractivity contribution < 1.29 is 13.6 Å². The fraction of sp³-hybridized carbons (Fsp3) is 0.455. The summed E-state index contributed by atoms with van der Waals surface area (Å²) in [7, 11) is 0. The van der Waals surface area contributed by atoms with Crippen molar-refractivity contribution in [2.24, 2.45) is 5.92 Å². The number of aryl methyl sites for hydroxylation is 1. The Morgan fingerprint density at radius 3 is 2.50 bits per heavy atom. The standard InChI is InChI=1S/C22H24F2N4OS/c1-11-2-4-12(5-3-11)14-10-15(19(23)24)26-22-16(14)17-18(30-22)21(29)28-20(27-17)13-6-8-25-9-7-13/h2-9,14-20,22,26-27H,10H2,1H3,(H,28,29). The summed E-state index contributed by atoms with van der Waals surface area (Å²) < 4.78 is 27.4. The third kappa shape index (κ3) is 3.50. The highest BCUT2D eigenvalue weighted by Crippen LogP contribution is 2.51. The van der Waals surface area contributed by atoms with Crippen LogP contribution in [0.15, 0.2) is 48.8 Å². The fourth-order valence-electron chi connectivity index (χ4n) is 5.01.